The minimum absolute atomic E-state index is 0.655. The molecule has 5 heteroatoms. The van der Waals surface area contributed by atoms with E-state index in [-0.39, 0.29) is 0 Å². The van der Waals surface area contributed by atoms with Crippen molar-refractivity contribution in [3.63, 3.8) is 0 Å². The number of aryl methyl sites for hydroxylation is 1. The van der Waals surface area contributed by atoms with E-state index in [1.807, 2.05) is 54.8 Å². The number of benzene rings is 2. The van der Waals surface area contributed by atoms with E-state index in [1.165, 1.54) is 11.3 Å². The second-order valence-electron chi connectivity index (χ2n) is 4.98. The molecule has 0 aliphatic heterocycles. The Hall–Kier alpha value is -2.97. The second-order valence-corrected chi connectivity index (χ2v) is 5.84. The summed E-state index contributed by atoms with van der Waals surface area (Å²) in [7, 11) is 0. The molecular weight excluding hydrogens is 304 g/mol. The van der Waals surface area contributed by atoms with Gasteiger partial charge in [-0.1, -0.05) is 30.3 Å². The molecule has 112 valence electrons. The molecule has 23 heavy (non-hydrogen) atoms. The fourth-order valence-corrected chi connectivity index (χ4v) is 2.77. The average Bonchev–Trinajstić information content (AvgIpc) is 3.00. The molecule has 0 aliphatic carbocycles. The number of rotatable bonds is 4. The van der Waals surface area contributed by atoms with Gasteiger partial charge in [-0.25, -0.2) is 4.98 Å². The number of nitriles is 1. The Balaban J connectivity index is 1.78. The van der Waals surface area contributed by atoms with Crippen molar-refractivity contribution >= 4 is 22.7 Å². The smallest absolute Gasteiger partial charge is 0.203 e. The van der Waals surface area contributed by atoms with E-state index in [9.17, 15) is 0 Å². The Kier molecular flexibility index (Phi) is 4.46. The highest BCUT2D eigenvalue weighted by molar-refractivity contribution is 7.13. The van der Waals surface area contributed by atoms with Crippen LogP contribution in [0.25, 0.3) is 11.1 Å². The van der Waals surface area contributed by atoms with Crippen LogP contribution in [0.1, 0.15) is 16.8 Å². The third kappa shape index (κ3) is 3.82. The summed E-state index contributed by atoms with van der Waals surface area (Å²) >= 11 is 1.52. The van der Waals surface area contributed by atoms with E-state index in [2.05, 4.69) is 21.6 Å². The Morgan fingerprint density at radius 3 is 2.70 bits per heavy atom. The zero-order valence-electron chi connectivity index (χ0n) is 12.5. The summed E-state index contributed by atoms with van der Waals surface area (Å²) < 4.78 is 0. The van der Waals surface area contributed by atoms with Crippen LogP contribution in [0, 0.1) is 18.3 Å². The number of anilines is 1. The summed E-state index contributed by atoms with van der Waals surface area (Å²) in [5.41, 5.74) is 7.60. The maximum atomic E-state index is 9.01. The normalized spacial score (nSPS) is 10.6. The van der Waals surface area contributed by atoms with Gasteiger partial charge in [-0.2, -0.15) is 10.4 Å². The highest BCUT2D eigenvalue weighted by Gasteiger charge is 2.00. The maximum absolute atomic E-state index is 9.01. The minimum Gasteiger partial charge on any atom is -0.253 e. The summed E-state index contributed by atoms with van der Waals surface area (Å²) in [6.45, 7) is 1.95. The first-order valence-electron chi connectivity index (χ1n) is 7.06. The standard InChI is InChI=1S/C18H14N4S/c1-13-12-23-18(21-13)22-20-11-15-5-3-7-17(9-15)16-6-2-4-14(8-16)10-19/h2-9,11-12H,1H3,(H,21,22). The number of aromatic nitrogens is 1. The molecule has 1 aromatic heterocycles. The summed E-state index contributed by atoms with van der Waals surface area (Å²) in [6.07, 6.45) is 1.76. The van der Waals surface area contributed by atoms with Gasteiger partial charge in [-0.3, -0.25) is 5.43 Å². The van der Waals surface area contributed by atoms with Crippen molar-refractivity contribution in [2.75, 3.05) is 5.43 Å². The fourth-order valence-electron chi connectivity index (χ4n) is 2.13. The van der Waals surface area contributed by atoms with Crippen molar-refractivity contribution in [3.8, 4) is 17.2 Å². The van der Waals surface area contributed by atoms with Gasteiger partial charge in [0.2, 0.25) is 5.13 Å². The van der Waals surface area contributed by atoms with Crippen molar-refractivity contribution in [2.45, 2.75) is 6.92 Å². The number of hydrogen-bond acceptors (Lipinski definition) is 5. The molecule has 0 atom stereocenters. The SMILES string of the molecule is Cc1csc(NN=Cc2cccc(-c3cccc(C#N)c3)c2)n1. The summed E-state index contributed by atoms with van der Waals surface area (Å²) in [4.78, 5) is 4.29. The predicted molar refractivity (Wildman–Crippen MR) is 94.7 cm³/mol. The first-order valence-corrected chi connectivity index (χ1v) is 7.94. The van der Waals surface area contributed by atoms with Crippen molar-refractivity contribution in [1.29, 1.82) is 5.26 Å². The van der Waals surface area contributed by atoms with E-state index < -0.39 is 0 Å². The van der Waals surface area contributed by atoms with Gasteiger partial charge in [0.25, 0.3) is 0 Å². The van der Waals surface area contributed by atoms with Crippen molar-refractivity contribution in [3.05, 3.63) is 70.7 Å². The number of hydrazone groups is 1. The predicted octanol–water partition coefficient (Wildman–Crippen LogP) is 4.44. The van der Waals surface area contributed by atoms with Gasteiger partial charge in [-0.15, -0.1) is 11.3 Å². The van der Waals surface area contributed by atoms with Gasteiger partial charge in [-0.05, 0) is 41.8 Å². The first-order chi connectivity index (χ1) is 11.2. The van der Waals surface area contributed by atoms with E-state index in [0.29, 0.717) is 5.56 Å². The monoisotopic (exact) mass is 318 g/mol. The summed E-state index contributed by atoms with van der Waals surface area (Å²) in [5.74, 6) is 0. The Bertz CT molecular complexity index is 890. The van der Waals surface area contributed by atoms with Crippen LogP contribution >= 0.6 is 11.3 Å². The zero-order chi connectivity index (χ0) is 16.1. The lowest BCUT2D eigenvalue weighted by atomic mass is 10.0. The molecule has 1 heterocycles. The van der Waals surface area contributed by atoms with E-state index in [4.69, 9.17) is 5.26 Å². The van der Waals surface area contributed by atoms with Crippen LogP contribution in [0.2, 0.25) is 0 Å². The third-order valence-electron chi connectivity index (χ3n) is 3.20. The molecule has 0 spiro atoms. The molecule has 2 aromatic carbocycles. The van der Waals surface area contributed by atoms with E-state index in [0.717, 1.165) is 27.5 Å². The maximum Gasteiger partial charge on any atom is 0.203 e. The zero-order valence-corrected chi connectivity index (χ0v) is 13.3. The Morgan fingerprint density at radius 2 is 1.96 bits per heavy atom. The number of thiazole rings is 1. The molecule has 0 saturated carbocycles. The lowest BCUT2D eigenvalue weighted by molar-refractivity contribution is 1.22. The quantitative estimate of drug-likeness (QED) is 0.571. The molecule has 0 unspecified atom stereocenters. The highest BCUT2D eigenvalue weighted by Crippen LogP contribution is 2.21. The molecule has 0 saturated heterocycles. The molecule has 1 N–H and O–H groups in total. The number of nitrogens with one attached hydrogen (secondary N) is 1. The molecule has 3 rings (SSSR count). The van der Waals surface area contributed by atoms with Crippen LogP contribution in [0.4, 0.5) is 5.13 Å². The van der Waals surface area contributed by atoms with Crippen LogP contribution in [0.3, 0.4) is 0 Å². The first kappa shape index (κ1) is 14.9. The highest BCUT2D eigenvalue weighted by atomic mass is 32.1. The Morgan fingerprint density at radius 1 is 1.17 bits per heavy atom. The van der Waals surface area contributed by atoms with Gasteiger partial charge in [0, 0.05) is 5.38 Å². The second kappa shape index (κ2) is 6.86. The Labute approximate surface area is 138 Å². The van der Waals surface area contributed by atoms with Gasteiger partial charge in [0.1, 0.15) is 0 Å². The fraction of sp³-hybridized carbons (Fsp3) is 0.0556. The van der Waals surface area contributed by atoms with Crippen LogP contribution in [-0.4, -0.2) is 11.2 Å². The number of nitrogens with zero attached hydrogens (tertiary/aromatic N) is 3. The topological polar surface area (TPSA) is 61.1 Å². The number of hydrogen-bond donors (Lipinski definition) is 1. The third-order valence-corrected chi connectivity index (χ3v) is 4.07. The largest absolute Gasteiger partial charge is 0.253 e. The molecule has 0 radical (unpaired) electrons. The van der Waals surface area contributed by atoms with Crippen molar-refractivity contribution < 1.29 is 0 Å². The molecular formula is C18H14N4S. The van der Waals surface area contributed by atoms with Gasteiger partial charge < -0.3 is 0 Å². The average molecular weight is 318 g/mol. The lowest BCUT2D eigenvalue weighted by Gasteiger charge is -2.03. The molecule has 4 nitrogen and oxygen atoms in total. The molecule has 0 fully saturated rings. The van der Waals surface area contributed by atoms with Crippen LogP contribution in [0.15, 0.2) is 59.0 Å². The summed E-state index contributed by atoms with van der Waals surface area (Å²) in [6, 6.07) is 17.7. The summed E-state index contributed by atoms with van der Waals surface area (Å²) in [5, 5.41) is 16.0. The van der Waals surface area contributed by atoms with Gasteiger partial charge in [0.15, 0.2) is 0 Å². The van der Waals surface area contributed by atoms with Gasteiger partial charge in [0.05, 0.1) is 23.5 Å². The molecule has 0 bridgehead atoms. The van der Waals surface area contributed by atoms with Crippen molar-refractivity contribution in [1.82, 2.24) is 4.98 Å². The molecule has 3 aromatic rings. The van der Waals surface area contributed by atoms with E-state index >= 15 is 0 Å². The lowest BCUT2D eigenvalue weighted by Crippen LogP contribution is -1.90. The van der Waals surface area contributed by atoms with Crippen LogP contribution in [0.5, 0.6) is 0 Å². The molecule has 0 aliphatic rings. The van der Waals surface area contributed by atoms with Crippen LogP contribution in [-0.2, 0) is 0 Å². The minimum atomic E-state index is 0.655. The molecule has 0 amide bonds. The van der Waals surface area contributed by atoms with Gasteiger partial charge >= 0.3 is 0 Å². The van der Waals surface area contributed by atoms with Crippen molar-refractivity contribution in [2.24, 2.45) is 5.10 Å². The van der Waals surface area contributed by atoms with Crippen LogP contribution < -0.4 is 5.43 Å². The van der Waals surface area contributed by atoms with E-state index in [1.54, 1.807) is 12.3 Å².